The summed E-state index contributed by atoms with van der Waals surface area (Å²) in [5, 5.41) is 4.57. The molecule has 0 bridgehead atoms. The zero-order chi connectivity index (χ0) is 15.1. The first-order valence-electron chi connectivity index (χ1n) is 7.68. The van der Waals surface area contributed by atoms with Crippen LogP contribution in [0.3, 0.4) is 0 Å². The molecule has 0 spiro atoms. The lowest BCUT2D eigenvalue weighted by Crippen LogP contribution is -1.96. The summed E-state index contributed by atoms with van der Waals surface area (Å²) >= 11 is 1.76. The van der Waals surface area contributed by atoms with E-state index in [4.69, 9.17) is 0 Å². The third kappa shape index (κ3) is 2.68. The monoisotopic (exact) mass is 310 g/mol. The molecule has 0 saturated heterocycles. The molecule has 0 atom stereocenters. The molecule has 1 aromatic carbocycles. The molecule has 1 aliphatic rings. The second kappa shape index (κ2) is 5.32. The molecular weight excluding hydrogens is 292 g/mol. The molecule has 0 radical (unpaired) electrons. The van der Waals surface area contributed by atoms with Crippen molar-refractivity contribution in [3.63, 3.8) is 0 Å². The second-order valence-corrected chi connectivity index (χ2v) is 7.18. The van der Waals surface area contributed by atoms with Gasteiger partial charge in [0, 0.05) is 29.3 Å². The van der Waals surface area contributed by atoms with Crippen LogP contribution in [0.1, 0.15) is 49.2 Å². The Morgan fingerprint density at radius 3 is 2.82 bits per heavy atom. The van der Waals surface area contributed by atoms with Crippen molar-refractivity contribution in [1.29, 1.82) is 0 Å². The van der Waals surface area contributed by atoms with Gasteiger partial charge in [-0.2, -0.15) is 0 Å². The Hall–Kier alpha value is -2.01. The quantitative estimate of drug-likeness (QED) is 0.750. The van der Waals surface area contributed by atoms with E-state index in [0.29, 0.717) is 11.8 Å². The highest BCUT2D eigenvalue weighted by Gasteiger charge is 2.25. The highest BCUT2D eigenvalue weighted by molar-refractivity contribution is 7.18. The maximum Gasteiger partial charge on any atom is 0.133 e. The summed E-state index contributed by atoms with van der Waals surface area (Å²) in [5.41, 5.74) is 3.27. The van der Waals surface area contributed by atoms with Crippen molar-refractivity contribution in [3.8, 4) is 0 Å². The Morgan fingerprint density at radius 2 is 2.05 bits per heavy atom. The van der Waals surface area contributed by atoms with Gasteiger partial charge < -0.3 is 5.32 Å². The number of hydrogen-bond acceptors (Lipinski definition) is 5. The van der Waals surface area contributed by atoms with Gasteiger partial charge in [-0.1, -0.05) is 13.8 Å². The predicted molar refractivity (Wildman–Crippen MR) is 91.0 cm³/mol. The molecule has 0 unspecified atom stereocenters. The highest BCUT2D eigenvalue weighted by atomic mass is 32.1. The van der Waals surface area contributed by atoms with Crippen molar-refractivity contribution >= 4 is 33.1 Å². The van der Waals surface area contributed by atoms with Crippen molar-refractivity contribution in [1.82, 2.24) is 15.0 Å². The molecule has 2 heterocycles. The smallest absolute Gasteiger partial charge is 0.133 e. The fourth-order valence-corrected chi connectivity index (χ4v) is 3.47. The van der Waals surface area contributed by atoms with E-state index in [1.54, 1.807) is 17.7 Å². The number of thiazole rings is 1. The number of nitrogens with zero attached hydrogens (tertiary/aromatic N) is 3. The summed E-state index contributed by atoms with van der Waals surface area (Å²) in [4.78, 5) is 13.4. The number of aromatic nitrogens is 3. The second-order valence-electron chi connectivity index (χ2n) is 6.12. The third-order valence-corrected chi connectivity index (χ3v) is 5.17. The molecule has 1 aliphatic carbocycles. The van der Waals surface area contributed by atoms with Crippen molar-refractivity contribution in [3.05, 3.63) is 41.3 Å². The van der Waals surface area contributed by atoms with Crippen LogP contribution in [0, 0.1) is 0 Å². The first-order chi connectivity index (χ1) is 10.7. The standard InChI is InChI=1S/C17H18N4S/c1-10(2)17-21-13-6-5-12(7-15(13)22-17)20-16-8-14(11-3-4-11)18-9-19-16/h5-11H,3-4H2,1-2H3,(H,18,19,20). The molecule has 4 nitrogen and oxygen atoms in total. The summed E-state index contributed by atoms with van der Waals surface area (Å²) in [6, 6.07) is 8.35. The lowest BCUT2D eigenvalue weighted by Gasteiger charge is -2.06. The van der Waals surface area contributed by atoms with E-state index in [9.17, 15) is 0 Å². The molecule has 3 aromatic rings. The molecule has 1 fully saturated rings. The summed E-state index contributed by atoms with van der Waals surface area (Å²) in [6.07, 6.45) is 4.15. The predicted octanol–water partition coefficient (Wildman–Crippen LogP) is 4.83. The van der Waals surface area contributed by atoms with Crippen molar-refractivity contribution in [2.24, 2.45) is 0 Å². The van der Waals surface area contributed by atoms with Crippen LogP contribution in [-0.4, -0.2) is 15.0 Å². The minimum absolute atomic E-state index is 0.469. The number of benzene rings is 1. The highest BCUT2D eigenvalue weighted by Crippen LogP contribution is 2.39. The molecule has 0 aliphatic heterocycles. The van der Waals surface area contributed by atoms with Gasteiger partial charge in [-0.15, -0.1) is 11.3 Å². The van der Waals surface area contributed by atoms with E-state index in [0.717, 1.165) is 22.7 Å². The van der Waals surface area contributed by atoms with E-state index in [2.05, 4.69) is 58.4 Å². The van der Waals surface area contributed by atoms with Crippen LogP contribution in [0.5, 0.6) is 0 Å². The van der Waals surface area contributed by atoms with E-state index in [-0.39, 0.29) is 0 Å². The van der Waals surface area contributed by atoms with E-state index < -0.39 is 0 Å². The van der Waals surface area contributed by atoms with Gasteiger partial charge >= 0.3 is 0 Å². The number of nitrogens with one attached hydrogen (secondary N) is 1. The molecule has 1 saturated carbocycles. The van der Waals surface area contributed by atoms with Crippen LogP contribution >= 0.6 is 11.3 Å². The minimum atomic E-state index is 0.469. The molecule has 4 rings (SSSR count). The van der Waals surface area contributed by atoms with E-state index in [1.807, 2.05) is 0 Å². The molecule has 0 amide bonds. The zero-order valence-electron chi connectivity index (χ0n) is 12.7. The van der Waals surface area contributed by atoms with Crippen LogP contribution < -0.4 is 5.32 Å². The largest absolute Gasteiger partial charge is 0.340 e. The van der Waals surface area contributed by atoms with Crippen molar-refractivity contribution < 1.29 is 0 Å². The summed E-state index contributed by atoms with van der Waals surface area (Å²) in [5.74, 6) is 1.97. The maximum atomic E-state index is 4.67. The van der Waals surface area contributed by atoms with E-state index >= 15 is 0 Å². The van der Waals surface area contributed by atoms with Crippen molar-refractivity contribution in [2.75, 3.05) is 5.32 Å². The Balaban J connectivity index is 1.62. The third-order valence-electron chi connectivity index (χ3n) is 3.86. The van der Waals surface area contributed by atoms with Gasteiger partial charge in [-0.3, -0.25) is 0 Å². The molecule has 2 aromatic heterocycles. The first kappa shape index (κ1) is 13.6. The zero-order valence-corrected chi connectivity index (χ0v) is 13.5. The van der Waals surface area contributed by atoms with Crippen LogP contribution in [0.4, 0.5) is 11.5 Å². The van der Waals surface area contributed by atoms with Crippen LogP contribution in [0.15, 0.2) is 30.6 Å². The Bertz CT molecular complexity index is 820. The Labute approximate surface area is 133 Å². The number of hydrogen-bond donors (Lipinski definition) is 1. The van der Waals surface area contributed by atoms with Crippen LogP contribution in [-0.2, 0) is 0 Å². The SMILES string of the molecule is CC(C)c1nc2ccc(Nc3cc(C4CC4)ncn3)cc2s1. The van der Waals surface area contributed by atoms with Gasteiger partial charge in [0.05, 0.1) is 15.2 Å². The molecule has 1 N–H and O–H groups in total. The average molecular weight is 310 g/mol. The summed E-state index contributed by atoms with van der Waals surface area (Å²) in [7, 11) is 0. The first-order valence-corrected chi connectivity index (χ1v) is 8.50. The number of rotatable bonds is 4. The van der Waals surface area contributed by atoms with Crippen LogP contribution in [0.2, 0.25) is 0 Å². The molecule has 112 valence electrons. The van der Waals surface area contributed by atoms with Gasteiger partial charge in [0.1, 0.15) is 12.1 Å². The fourth-order valence-electron chi connectivity index (χ4n) is 2.46. The maximum absolute atomic E-state index is 4.67. The normalized spacial score (nSPS) is 14.7. The molecular formula is C17H18N4S. The van der Waals surface area contributed by atoms with Gasteiger partial charge in [0.25, 0.3) is 0 Å². The van der Waals surface area contributed by atoms with Gasteiger partial charge in [0.15, 0.2) is 0 Å². The minimum Gasteiger partial charge on any atom is -0.340 e. The average Bonchev–Trinajstić information content (AvgIpc) is 3.27. The number of fused-ring (bicyclic) bond motifs is 1. The topological polar surface area (TPSA) is 50.7 Å². The summed E-state index contributed by atoms with van der Waals surface area (Å²) in [6.45, 7) is 4.36. The van der Waals surface area contributed by atoms with E-state index in [1.165, 1.54) is 22.5 Å². The van der Waals surface area contributed by atoms with Crippen molar-refractivity contribution in [2.45, 2.75) is 38.5 Å². The van der Waals surface area contributed by atoms with Crippen LogP contribution in [0.25, 0.3) is 10.2 Å². The molecule has 5 heteroatoms. The fraction of sp³-hybridized carbons (Fsp3) is 0.353. The lowest BCUT2D eigenvalue weighted by molar-refractivity contribution is 0.857. The number of anilines is 2. The summed E-state index contributed by atoms with van der Waals surface area (Å²) < 4.78 is 1.21. The lowest BCUT2D eigenvalue weighted by atomic mass is 10.2. The Morgan fingerprint density at radius 1 is 1.18 bits per heavy atom. The molecule has 22 heavy (non-hydrogen) atoms. The van der Waals surface area contributed by atoms with Gasteiger partial charge in [0.2, 0.25) is 0 Å². The Kier molecular flexibility index (Phi) is 3.30. The van der Waals surface area contributed by atoms with Gasteiger partial charge in [-0.25, -0.2) is 15.0 Å². The van der Waals surface area contributed by atoms with Gasteiger partial charge in [-0.05, 0) is 31.0 Å².